The summed E-state index contributed by atoms with van der Waals surface area (Å²) in [5.41, 5.74) is -1.32. The topological polar surface area (TPSA) is 57.1 Å². The first kappa shape index (κ1) is 15.6. The monoisotopic (exact) mass is 359 g/mol. The highest BCUT2D eigenvalue weighted by molar-refractivity contribution is 9.09. The van der Waals surface area contributed by atoms with Gasteiger partial charge in [0.15, 0.2) is 6.10 Å². The number of carbonyl (C=O) groups excluding carboxylic acids is 1. The summed E-state index contributed by atoms with van der Waals surface area (Å²) in [5.74, 6) is -1.98. The molecule has 1 saturated heterocycles. The Hall–Kier alpha value is -0.830. The van der Waals surface area contributed by atoms with Gasteiger partial charge in [-0.15, -0.1) is 0 Å². The summed E-state index contributed by atoms with van der Waals surface area (Å²) in [6.07, 6.45) is -7.45. The lowest BCUT2D eigenvalue weighted by molar-refractivity contribution is -0.232. The molecule has 2 aliphatic rings. The number of alkyl halides is 4. The summed E-state index contributed by atoms with van der Waals surface area (Å²) in [6, 6.07) is 0. The maximum atomic E-state index is 12.8. The fourth-order valence-corrected chi connectivity index (χ4v) is 2.95. The van der Waals surface area contributed by atoms with Gasteiger partial charge in [-0.1, -0.05) is 15.9 Å². The van der Waals surface area contributed by atoms with E-state index in [4.69, 9.17) is 14.2 Å². The largest absolute Gasteiger partial charge is 0.468 e. The molecule has 2 bridgehead atoms. The Morgan fingerprint density at radius 1 is 1.50 bits per heavy atom. The van der Waals surface area contributed by atoms with E-state index in [9.17, 15) is 18.0 Å². The Labute approximate surface area is 121 Å². The van der Waals surface area contributed by atoms with Gasteiger partial charge in [-0.3, -0.25) is 4.79 Å². The number of hydrogen-bond donors (Lipinski definition) is 0. The molecule has 0 N–H and O–H groups in total. The molecule has 20 heavy (non-hydrogen) atoms. The smallest absolute Gasteiger partial charge is 0.457 e. The number of halogens is 4. The molecule has 2 aliphatic heterocycles. The molecule has 2 heterocycles. The van der Waals surface area contributed by atoms with Gasteiger partial charge in [0, 0.05) is 6.92 Å². The molecule has 5 nitrogen and oxygen atoms in total. The van der Waals surface area contributed by atoms with Gasteiger partial charge < -0.3 is 14.2 Å². The predicted octanol–water partition coefficient (Wildman–Crippen LogP) is 2.18. The van der Waals surface area contributed by atoms with Crippen LogP contribution in [0.1, 0.15) is 20.8 Å². The molecule has 0 radical (unpaired) electrons. The van der Waals surface area contributed by atoms with E-state index in [0.717, 1.165) is 0 Å². The van der Waals surface area contributed by atoms with E-state index in [2.05, 4.69) is 20.9 Å². The minimum atomic E-state index is -4.72. The first-order valence-corrected chi connectivity index (χ1v) is 6.77. The quantitative estimate of drug-likeness (QED) is 0.531. The molecule has 0 aromatic carbocycles. The van der Waals surface area contributed by atoms with Crippen molar-refractivity contribution in [3.8, 4) is 0 Å². The number of esters is 1. The van der Waals surface area contributed by atoms with Crippen LogP contribution < -0.4 is 0 Å². The number of hydrogen-bond acceptors (Lipinski definition) is 5. The molecule has 0 saturated carbocycles. The fourth-order valence-electron chi connectivity index (χ4n) is 2.35. The standard InChI is InChI=1S/C11H13BrF3NO4/c1-4-7(19-5(2)17)10(3)6(12)8(18-4)20-9(16-10)11(13,14)15/h4,6-8H,1-3H3/t4-,6-,7-,8-,10+/m0/s1. The fraction of sp³-hybridized carbons (Fsp3) is 0.818. The van der Waals surface area contributed by atoms with Crippen LogP contribution in [0.2, 0.25) is 0 Å². The molecule has 0 amide bonds. The maximum absolute atomic E-state index is 12.8. The highest BCUT2D eigenvalue weighted by Crippen LogP contribution is 2.44. The maximum Gasteiger partial charge on any atom is 0.468 e. The Balaban J connectivity index is 2.44. The normalized spacial score (nSPS) is 40.6. The van der Waals surface area contributed by atoms with Gasteiger partial charge in [0.05, 0.1) is 6.10 Å². The summed E-state index contributed by atoms with van der Waals surface area (Å²) >= 11 is 3.22. The van der Waals surface area contributed by atoms with Crippen molar-refractivity contribution in [2.45, 2.75) is 55.8 Å². The molecule has 114 valence electrons. The van der Waals surface area contributed by atoms with Crippen molar-refractivity contribution >= 4 is 27.8 Å². The van der Waals surface area contributed by atoms with Gasteiger partial charge in [0.25, 0.3) is 5.90 Å². The summed E-state index contributed by atoms with van der Waals surface area (Å²) in [7, 11) is 0. The second-order valence-corrected chi connectivity index (χ2v) is 5.89. The third-order valence-corrected chi connectivity index (χ3v) is 4.61. The van der Waals surface area contributed by atoms with Gasteiger partial charge in [0.2, 0.25) is 6.29 Å². The van der Waals surface area contributed by atoms with Crippen molar-refractivity contribution in [2.75, 3.05) is 0 Å². The Kier molecular flexibility index (Phi) is 3.79. The van der Waals surface area contributed by atoms with Crippen molar-refractivity contribution in [3.05, 3.63) is 0 Å². The molecule has 1 fully saturated rings. The van der Waals surface area contributed by atoms with Crippen molar-refractivity contribution in [2.24, 2.45) is 4.99 Å². The van der Waals surface area contributed by atoms with Crippen LogP contribution in [0.3, 0.4) is 0 Å². The molecule has 2 rings (SSSR count). The summed E-state index contributed by atoms with van der Waals surface area (Å²) in [6.45, 7) is 4.24. The van der Waals surface area contributed by atoms with E-state index < -0.39 is 46.9 Å². The minimum Gasteiger partial charge on any atom is -0.457 e. The second kappa shape index (κ2) is 4.87. The number of carbonyl (C=O) groups is 1. The zero-order valence-corrected chi connectivity index (χ0v) is 12.5. The zero-order chi connectivity index (χ0) is 15.3. The zero-order valence-electron chi connectivity index (χ0n) is 10.9. The van der Waals surface area contributed by atoms with Crippen LogP contribution in [0, 0.1) is 0 Å². The molecule has 0 spiro atoms. The first-order valence-electron chi connectivity index (χ1n) is 5.86. The first-order chi connectivity index (χ1) is 9.05. The molecular weight excluding hydrogens is 347 g/mol. The van der Waals surface area contributed by atoms with Gasteiger partial charge >= 0.3 is 12.1 Å². The SMILES string of the molecule is CC(=O)O[C@H]1[C@H](C)O[C@H]2OC(C(F)(F)F)=N[C@]1(C)[C@H]2Br. The molecule has 0 unspecified atom stereocenters. The van der Waals surface area contributed by atoms with Gasteiger partial charge in [-0.2, -0.15) is 13.2 Å². The number of ether oxygens (including phenoxy) is 3. The van der Waals surface area contributed by atoms with E-state index >= 15 is 0 Å². The molecule has 5 atom stereocenters. The van der Waals surface area contributed by atoms with Crippen LogP contribution in [-0.2, 0) is 19.0 Å². The highest BCUT2D eigenvalue weighted by Gasteiger charge is 2.60. The molecular formula is C11H13BrF3NO4. The average Bonchev–Trinajstić information content (AvgIpc) is 2.28. The lowest BCUT2D eigenvalue weighted by atomic mass is 9.84. The third kappa shape index (κ3) is 2.52. The van der Waals surface area contributed by atoms with Crippen molar-refractivity contribution in [1.82, 2.24) is 0 Å². The van der Waals surface area contributed by atoms with Crippen LogP contribution in [-0.4, -0.2) is 46.9 Å². The Morgan fingerprint density at radius 3 is 2.60 bits per heavy atom. The molecule has 9 heteroatoms. The molecule has 0 aromatic heterocycles. The number of fused-ring (bicyclic) bond motifs is 2. The van der Waals surface area contributed by atoms with Crippen molar-refractivity contribution in [1.29, 1.82) is 0 Å². The van der Waals surface area contributed by atoms with Gasteiger partial charge in [-0.05, 0) is 13.8 Å². The van der Waals surface area contributed by atoms with Crippen LogP contribution >= 0.6 is 15.9 Å². The number of rotatable bonds is 1. The summed E-state index contributed by atoms with van der Waals surface area (Å²) < 4.78 is 53.6. The molecule has 0 aliphatic carbocycles. The number of aliphatic imine (C=N–C) groups is 1. The summed E-state index contributed by atoms with van der Waals surface area (Å²) in [4.78, 5) is 14.1. The third-order valence-electron chi connectivity index (χ3n) is 3.25. The number of nitrogens with zero attached hydrogens (tertiary/aromatic N) is 1. The van der Waals surface area contributed by atoms with Crippen LogP contribution in [0.15, 0.2) is 4.99 Å². The van der Waals surface area contributed by atoms with Gasteiger partial charge in [0.1, 0.15) is 10.4 Å². The predicted molar refractivity (Wildman–Crippen MR) is 65.6 cm³/mol. The Bertz CT molecular complexity index is 455. The van der Waals surface area contributed by atoms with Crippen molar-refractivity contribution in [3.63, 3.8) is 0 Å². The summed E-state index contributed by atoms with van der Waals surface area (Å²) in [5, 5.41) is 0. The minimum absolute atomic E-state index is 0.611. The van der Waals surface area contributed by atoms with E-state index in [1.807, 2.05) is 0 Å². The van der Waals surface area contributed by atoms with Crippen LogP contribution in [0.4, 0.5) is 13.2 Å². The molecule has 0 aromatic rings. The average molecular weight is 360 g/mol. The van der Waals surface area contributed by atoms with E-state index in [0.29, 0.717) is 0 Å². The second-order valence-electron chi connectivity index (χ2n) is 4.90. The van der Waals surface area contributed by atoms with Crippen LogP contribution in [0.5, 0.6) is 0 Å². The lowest BCUT2D eigenvalue weighted by Crippen LogP contribution is -2.66. The van der Waals surface area contributed by atoms with Gasteiger partial charge in [-0.25, -0.2) is 4.99 Å². The van der Waals surface area contributed by atoms with E-state index in [1.54, 1.807) is 6.92 Å². The van der Waals surface area contributed by atoms with E-state index in [-0.39, 0.29) is 0 Å². The lowest BCUT2D eigenvalue weighted by Gasteiger charge is -2.50. The van der Waals surface area contributed by atoms with Crippen molar-refractivity contribution < 1.29 is 32.2 Å². The van der Waals surface area contributed by atoms with E-state index in [1.165, 1.54) is 13.8 Å². The highest BCUT2D eigenvalue weighted by atomic mass is 79.9. The Morgan fingerprint density at radius 2 is 2.10 bits per heavy atom. The van der Waals surface area contributed by atoms with Crippen LogP contribution in [0.25, 0.3) is 0 Å².